The topological polar surface area (TPSA) is 95.7 Å². The van der Waals surface area contributed by atoms with Gasteiger partial charge in [-0.3, -0.25) is 0 Å². The van der Waals surface area contributed by atoms with E-state index in [0.717, 1.165) is 4.47 Å². The fourth-order valence-corrected chi connectivity index (χ4v) is 1.63. The molecule has 0 aliphatic carbocycles. The molecule has 17 heavy (non-hydrogen) atoms. The molecule has 3 rings (SSSR count). The molecule has 0 aliphatic rings. The number of rotatable bonds is 3. The molecule has 0 atom stereocenters. The van der Waals surface area contributed by atoms with Crippen molar-refractivity contribution >= 4 is 15.9 Å². The van der Waals surface area contributed by atoms with Crippen molar-refractivity contribution in [2.45, 2.75) is 6.54 Å². The largest absolute Gasteiger partial charge is 0.460 e. The highest BCUT2D eigenvalue weighted by Crippen LogP contribution is 2.26. The van der Waals surface area contributed by atoms with Gasteiger partial charge in [0.1, 0.15) is 6.54 Å². The van der Waals surface area contributed by atoms with Gasteiger partial charge in [0.15, 0.2) is 12.1 Å². The second-order valence-electron chi connectivity index (χ2n) is 3.08. The van der Waals surface area contributed by atoms with Crippen molar-refractivity contribution in [3.05, 3.63) is 29.0 Å². The van der Waals surface area contributed by atoms with Crippen molar-refractivity contribution in [1.82, 2.24) is 30.3 Å². The van der Waals surface area contributed by atoms with Crippen LogP contribution >= 0.6 is 15.9 Å². The van der Waals surface area contributed by atoms with E-state index in [4.69, 9.17) is 8.94 Å². The van der Waals surface area contributed by atoms with E-state index in [1.807, 2.05) is 0 Å². The summed E-state index contributed by atoms with van der Waals surface area (Å²) in [7, 11) is 0. The Morgan fingerprint density at radius 1 is 1.41 bits per heavy atom. The van der Waals surface area contributed by atoms with Gasteiger partial charge in [0, 0.05) is 0 Å². The summed E-state index contributed by atoms with van der Waals surface area (Å²) in [6, 6.07) is 1.75. The molecule has 3 heterocycles. The summed E-state index contributed by atoms with van der Waals surface area (Å²) >= 11 is 3.32. The van der Waals surface area contributed by atoms with Gasteiger partial charge in [-0.2, -0.15) is 9.78 Å². The molecule has 0 saturated carbocycles. The molecule has 0 aliphatic heterocycles. The van der Waals surface area contributed by atoms with E-state index < -0.39 is 0 Å². The maximum absolute atomic E-state index is 5.22. The van der Waals surface area contributed by atoms with Gasteiger partial charge >= 0.3 is 0 Å². The third-order valence-electron chi connectivity index (χ3n) is 1.96. The highest BCUT2D eigenvalue weighted by Gasteiger charge is 2.15. The van der Waals surface area contributed by atoms with Gasteiger partial charge in [-0.1, -0.05) is 5.16 Å². The first kappa shape index (κ1) is 10.1. The van der Waals surface area contributed by atoms with Crippen LogP contribution in [-0.4, -0.2) is 30.3 Å². The molecule has 0 N–H and O–H groups in total. The standard InChI is InChI=1S/C8H5BrN6O2/c9-5-1-2-16-7(5)8-12-6(17-13-8)3-15-11-4-10-14-15/h1-2,4H,3H2. The first-order valence-electron chi connectivity index (χ1n) is 4.59. The van der Waals surface area contributed by atoms with Crippen molar-refractivity contribution < 1.29 is 8.94 Å². The zero-order valence-corrected chi connectivity index (χ0v) is 9.90. The van der Waals surface area contributed by atoms with E-state index in [0.29, 0.717) is 17.5 Å². The molecule has 0 bridgehead atoms. The van der Waals surface area contributed by atoms with Gasteiger partial charge in [0.05, 0.1) is 10.7 Å². The van der Waals surface area contributed by atoms with Gasteiger partial charge in [-0.25, -0.2) is 0 Å². The van der Waals surface area contributed by atoms with Crippen LogP contribution in [0.4, 0.5) is 0 Å². The highest BCUT2D eigenvalue weighted by molar-refractivity contribution is 9.10. The number of aromatic nitrogens is 6. The van der Waals surface area contributed by atoms with Crippen LogP contribution in [0.1, 0.15) is 5.89 Å². The molecule has 0 spiro atoms. The maximum Gasteiger partial charge on any atom is 0.250 e. The summed E-state index contributed by atoms with van der Waals surface area (Å²) in [5.74, 6) is 1.27. The Bertz CT molecular complexity index is 616. The molecule has 3 aromatic heterocycles. The lowest BCUT2D eigenvalue weighted by Crippen LogP contribution is -2.03. The average molecular weight is 297 g/mol. The second kappa shape index (κ2) is 4.09. The summed E-state index contributed by atoms with van der Waals surface area (Å²) in [5.41, 5.74) is 0. The van der Waals surface area contributed by atoms with Gasteiger partial charge < -0.3 is 8.94 Å². The summed E-state index contributed by atoms with van der Waals surface area (Å²) < 4.78 is 11.0. The lowest BCUT2D eigenvalue weighted by atomic mass is 10.4. The molecule has 0 radical (unpaired) electrons. The molecule has 0 unspecified atom stereocenters. The summed E-state index contributed by atoms with van der Waals surface area (Å²) in [5, 5.41) is 14.9. The van der Waals surface area contributed by atoms with Crippen LogP contribution in [0.15, 0.2) is 32.1 Å². The lowest BCUT2D eigenvalue weighted by molar-refractivity contribution is 0.355. The Morgan fingerprint density at radius 2 is 2.35 bits per heavy atom. The number of hydrogen-bond acceptors (Lipinski definition) is 7. The number of halogens is 1. The number of furan rings is 1. The second-order valence-corrected chi connectivity index (χ2v) is 3.93. The quantitative estimate of drug-likeness (QED) is 0.714. The van der Waals surface area contributed by atoms with E-state index in [1.165, 1.54) is 17.4 Å². The Kier molecular flexibility index (Phi) is 2.44. The fourth-order valence-electron chi connectivity index (χ4n) is 1.25. The minimum absolute atomic E-state index is 0.269. The van der Waals surface area contributed by atoms with Gasteiger partial charge in [-0.05, 0) is 27.2 Å². The van der Waals surface area contributed by atoms with Crippen molar-refractivity contribution in [3.8, 4) is 11.6 Å². The van der Waals surface area contributed by atoms with Crippen molar-refractivity contribution in [1.29, 1.82) is 0 Å². The van der Waals surface area contributed by atoms with Crippen LogP contribution in [0.3, 0.4) is 0 Å². The lowest BCUT2D eigenvalue weighted by Gasteiger charge is -1.89. The fraction of sp³-hybridized carbons (Fsp3) is 0.125. The molecule has 0 saturated heterocycles. The minimum Gasteiger partial charge on any atom is -0.460 e. The van der Waals surface area contributed by atoms with E-state index in [-0.39, 0.29) is 6.54 Å². The average Bonchev–Trinajstić information content (AvgIpc) is 3.00. The summed E-state index contributed by atoms with van der Waals surface area (Å²) in [4.78, 5) is 5.50. The van der Waals surface area contributed by atoms with E-state index in [1.54, 1.807) is 6.07 Å². The molecule has 0 amide bonds. The highest BCUT2D eigenvalue weighted by atomic mass is 79.9. The molecule has 0 aromatic carbocycles. The summed E-state index contributed by atoms with van der Waals surface area (Å²) in [6.07, 6.45) is 2.87. The van der Waals surface area contributed by atoms with Crippen molar-refractivity contribution in [2.24, 2.45) is 0 Å². The third kappa shape index (κ3) is 1.96. The predicted molar refractivity (Wildman–Crippen MR) is 56.6 cm³/mol. The Labute approximate surface area is 103 Å². The number of tetrazole rings is 1. The first-order chi connectivity index (χ1) is 8.33. The molecular weight excluding hydrogens is 292 g/mol. The Balaban J connectivity index is 1.86. The van der Waals surface area contributed by atoms with E-state index >= 15 is 0 Å². The molecule has 3 aromatic rings. The van der Waals surface area contributed by atoms with Crippen molar-refractivity contribution in [2.75, 3.05) is 0 Å². The molecular formula is C8H5BrN6O2. The number of nitrogens with zero attached hydrogens (tertiary/aromatic N) is 6. The van der Waals surface area contributed by atoms with Crippen molar-refractivity contribution in [3.63, 3.8) is 0 Å². The number of hydrogen-bond donors (Lipinski definition) is 0. The van der Waals surface area contributed by atoms with Crippen LogP contribution < -0.4 is 0 Å². The Hall–Kier alpha value is -2.03. The first-order valence-corrected chi connectivity index (χ1v) is 5.39. The van der Waals surface area contributed by atoms with E-state index in [2.05, 4.69) is 41.5 Å². The normalized spacial score (nSPS) is 10.9. The molecule has 8 nitrogen and oxygen atoms in total. The smallest absolute Gasteiger partial charge is 0.250 e. The van der Waals surface area contributed by atoms with Crippen LogP contribution in [-0.2, 0) is 6.54 Å². The van der Waals surface area contributed by atoms with Crippen LogP contribution in [0.5, 0.6) is 0 Å². The zero-order chi connectivity index (χ0) is 11.7. The molecule has 0 fully saturated rings. The molecule has 86 valence electrons. The van der Waals surface area contributed by atoms with E-state index in [9.17, 15) is 0 Å². The van der Waals surface area contributed by atoms with Crippen LogP contribution in [0.25, 0.3) is 11.6 Å². The maximum atomic E-state index is 5.22. The predicted octanol–water partition coefficient (Wildman–Crippen LogP) is 1.13. The van der Waals surface area contributed by atoms with Gasteiger partial charge in [-0.15, -0.1) is 10.2 Å². The van der Waals surface area contributed by atoms with Gasteiger partial charge in [0.2, 0.25) is 5.82 Å². The third-order valence-corrected chi connectivity index (χ3v) is 2.58. The monoisotopic (exact) mass is 296 g/mol. The van der Waals surface area contributed by atoms with Gasteiger partial charge in [0.25, 0.3) is 5.89 Å². The summed E-state index contributed by atoms with van der Waals surface area (Å²) in [6.45, 7) is 0.269. The SMILES string of the molecule is Brc1ccoc1-c1noc(Cn2ncnn2)n1. The Morgan fingerprint density at radius 3 is 3.06 bits per heavy atom. The van der Waals surface area contributed by atoms with Crippen LogP contribution in [0.2, 0.25) is 0 Å². The van der Waals surface area contributed by atoms with Crippen LogP contribution in [0, 0.1) is 0 Å². The zero-order valence-electron chi connectivity index (χ0n) is 8.32. The minimum atomic E-state index is 0.269. The molecule has 9 heteroatoms.